The van der Waals surface area contributed by atoms with Gasteiger partial charge in [-0.2, -0.15) is 0 Å². The monoisotopic (exact) mass is 270 g/mol. The Kier molecular flexibility index (Phi) is 5.32. The zero-order valence-corrected chi connectivity index (χ0v) is 10.3. The van der Waals surface area contributed by atoms with E-state index in [0.717, 1.165) is 12.0 Å². The summed E-state index contributed by atoms with van der Waals surface area (Å²) >= 11 is 3.24. The topological polar surface area (TPSA) is 42.0 Å². The van der Waals surface area contributed by atoms with Crippen molar-refractivity contribution in [2.45, 2.75) is 25.8 Å². The van der Waals surface area contributed by atoms with Crippen LogP contribution in [0, 0.1) is 0 Å². The fraction of sp³-hybridized carbons (Fsp3) is 0.455. The highest BCUT2D eigenvalue weighted by Gasteiger charge is 2.07. The summed E-state index contributed by atoms with van der Waals surface area (Å²) in [5.74, 6) is 0.0864. The van der Waals surface area contributed by atoms with Gasteiger partial charge < -0.3 is 5.32 Å². The van der Waals surface area contributed by atoms with Gasteiger partial charge in [-0.05, 0) is 25.0 Å². The van der Waals surface area contributed by atoms with Crippen LogP contribution in [-0.4, -0.2) is 22.3 Å². The third kappa shape index (κ3) is 4.93. The van der Waals surface area contributed by atoms with E-state index >= 15 is 0 Å². The van der Waals surface area contributed by atoms with Crippen LogP contribution < -0.4 is 5.32 Å². The van der Waals surface area contributed by atoms with Crippen LogP contribution in [0.3, 0.4) is 0 Å². The van der Waals surface area contributed by atoms with E-state index < -0.39 is 0 Å². The van der Waals surface area contributed by atoms with Gasteiger partial charge in [-0.3, -0.25) is 9.78 Å². The third-order valence-electron chi connectivity index (χ3n) is 1.99. The molecule has 0 spiro atoms. The Hall–Kier alpha value is -0.900. The molecule has 0 radical (unpaired) electrons. The lowest BCUT2D eigenvalue weighted by Gasteiger charge is -2.13. The van der Waals surface area contributed by atoms with Crippen LogP contribution in [0.2, 0.25) is 0 Å². The minimum absolute atomic E-state index is 0.0864. The van der Waals surface area contributed by atoms with Crippen molar-refractivity contribution in [1.82, 2.24) is 10.3 Å². The number of rotatable bonds is 5. The molecule has 1 aromatic heterocycles. The van der Waals surface area contributed by atoms with Crippen LogP contribution in [0.15, 0.2) is 24.5 Å². The SMILES string of the molecule is CC(Cc1cccnc1)NC(=O)CCBr. The first-order chi connectivity index (χ1) is 7.22. The number of nitrogens with one attached hydrogen (secondary N) is 1. The van der Waals surface area contributed by atoms with Gasteiger partial charge in [-0.1, -0.05) is 22.0 Å². The molecule has 0 aliphatic heterocycles. The molecule has 3 nitrogen and oxygen atoms in total. The number of aromatic nitrogens is 1. The second-order valence-corrected chi connectivity index (χ2v) is 4.27. The molecule has 1 amide bonds. The number of amides is 1. The van der Waals surface area contributed by atoms with Gasteiger partial charge in [0.05, 0.1) is 0 Å². The molecule has 1 aromatic rings. The number of nitrogens with zero attached hydrogens (tertiary/aromatic N) is 1. The molecule has 0 fully saturated rings. The number of hydrogen-bond donors (Lipinski definition) is 1. The maximum absolute atomic E-state index is 11.3. The fourth-order valence-electron chi connectivity index (χ4n) is 1.36. The summed E-state index contributed by atoms with van der Waals surface area (Å²) in [7, 11) is 0. The summed E-state index contributed by atoms with van der Waals surface area (Å²) in [5.41, 5.74) is 1.14. The average molecular weight is 271 g/mol. The lowest BCUT2D eigenvalue weighted by Crippen LogP contribution is -2.34. The van der Waals surface area contributed by atoms with Gasteiger partial charge in [0.25, 0.3) is 0 Å². The van der Waals surface area contributed by atoms with Gasteiger partial charge in [-0.25, -0.2) is 0 Å². The quantitative estimate of drug-likeness (QED) is 0.831. The Morgan fingerprint density at radius 2 is 2.47 bits per heavy atom. The van der Waals surface area contributed by atoms with Crippen LogP contribution in [0.1, 0.15) is 18.9 Å². The van der Waals surface area contributed by atoms with Crippen LogP contribution in [0.5, 0.6) is 0 Å². The second kappa shape index (κ2) is 6.56. The number of carbonyl (C=O) groups excluding carboxylic acids is 1. The molecule has 0 aliphatic carbocycles. The smallest absolute Gasteiger partial charge is 0.221 e. The van der Waals surface area contributed by atoms with E-state index in [1.54, 1.807) is 6.20 Å². The highest BCUT2D eigenvalue weighted by molar-refractivity contribution is 9.09. The normalized spacial score (nSPS) is 12.1. The van der Waals surface area contributed by atoms with E-state index in [-0.39, 0.29) is 11.9 Å². The van der Waals surface area contributed by atoms with E-state index in [1.165, 1.54) is 0 Å². The van der Waals surface area contributed by atoms with Crippen molar-refractivity contribution < 1.29 is 4.79 Å². The molecule has 1 heterocycles. The molecular weight excluding hydrogens is 256 g/mol. The van der Waals surface area contributed by atoms with E-state index in [1.807, 2.05) is 25.3 Å². The van der Waals surface area contributed by atoms with Crippen molar-refractivity contribution >= 4 is 21.8 Å². The van der Waals surface area contributed by atoms with E-state index in [4.69, 9.17) is 0 Å². The largest absolute Gasteiger partial charge is 0.353 e. The van der Waals surface area contributed by atoms with E-state index in [2.05, 4.69) is 26.2 Å². The van der Waals surface area contributed by atoms with Crippen LogP contribution in [0.4, 0.5) is 0 Å². The van der Waals surface area contributed by atoms with Crippen LogP contribution in [0.25, 0.3) is 0 Å². The molecule has 15 heavy (non-hydrogen) atoms. The van der Waals surface area contributed by atoms with Crippen molar-refractivity contribution in [2.75, 3.05) is 5.33 Å². The summed E-state index contributed by atoms with van der Waals surface area (Å²) in [6.07, 6.45) is 4.92. The average Bonchev–Trinajstić information content (AvgIpc) is 2.19. The molecule has 82 valence electrons. The van der Waals surface area contributed by atoms with E-state index in [9.17, 15) is 4.79 Å². The number of pyridine rings is 1. The standard InChI is InChI=1S/C11H15BrN2O/c1-9(14-11(15)4-5-12)7-10-3-2-6-13-8-10/h2-3,6,8-9H,4-5,7H2,1H3,(H,14,15). The lowest BCUT2D eigenvalue weighted by atomic mass is 10.1. The number of carbonyl (C=O) groups is 1. The Balaban J connectivity index is 2.36. The minimum atomic E-state index is 0.0864. The highest BCUT2D eigenvalue weighted by Crippen LogP contribution is 2.01. The van der Waals surface area contributed by atoms with Gasteiger partial charge in [0, 0.05) is 30.2 Å². The van der Waals surface area contributed by atoms with E-state index in [0.29, 0.717) is 11.8 Å². The third-order valence-corrected chi connectivity index (χ3v) is 2.39. The Labute approximate surface area is 98.4 Å². The molecule has 1 N–H and O–H groups in total. The number of halogens is 1. The van der Waals surface area contributed by atoms with Crippen LogP contribution in [-0.2, 0) is 11.2 Å². The molecule has 0 saturated carbocycles. The number of alkyl halides is 1. The Morgan fingerprint density at radius 1 is 1.67 bits per heavy atom. The van der Waals surface area contributed by atoms with Crippen molar-refractivity contribution in [1.29, 1.82) is 0 Å². The molecule has 1 atom stereocenters. The fourth-order valence-corrected chi connectivity index (χ4v) is 1.72. The van der Waals surface area contributed by atoms with Crippen molar-refractivity contribution in [3.63, 3.8) is 0 Å². The van der Waals surface area contributed by atoms with Crippen molar-refractivity contribution in [2.24, 2.45) is 0 Å². The molecule has 0 aliphatic rings. The van der Waals surface area contributed by atoms with Crippen molar-refractivity contribution in [3.05, 3.63) is 30.1 Å². The van der Waals surface area contributed by atoms with Gasteiger partial charge in [0.15, 0.2) is 0 Å². The molecule has 0 bridgehead atoms. The maximum atomic E-state index is 11.3. The van der Waals surface area contributed by atoms with Crippen LogP contribution >= 0.6 is 15.9 Å². The van der Waals surface area contributed by atoms with Crippen molar-refractivity contribution in [3.8, 4) is 0 Å². The summed E-state index contributed by atoms with van der Waals surface area (Å²) in [6, 6.07) is 4.07. The minimum Gasteiger partial charge on any atom is -0.353 e. The predicted octanol–water partition coefficient (Wildman–Crippen LogP) is 1.91. The zero-order chi connectivity index (χ0) is 11.1. The van der Waals surface area contributed by atoms with Gasteiger partial charge in [-0.15, -0.1) is 0 Å². The lowest BCUT2D eigenvalue weighted by molar-refractivity contribution is -0.121. The zero-order valence-electron chi connectivity index (χ0n) is 8.74. The predicted molar refractivity (Wildman–Crippen MR) is 64.0 cm³/mol. The maximum Gasteiger partial charge on any atom is 0.221 e. The summed E-state index contributed by atoms with van der Waals surface area (Å²) < 4.78 is 0. The summed E-state index contributed by atoms with van der Waals surface area (Å²) in [6.45, 7) is 2.00. The van der Waals surface area contributed by atoms with Gasteiger partial charge in [0.1, 0.15) is 0 Å². The second-order valence-electron chi connectivity index (χ2n) is 3.47. The first kappa shape index (κ1) is 12.2. The first-order valence-corrected chi connectivity index (χ1v) is 6.08. The molecule has 0 saturated heterocycles. The summed E-state index contributed by atoms with van der Waals surface area (Å²) in [5, 5.41) is 3.64. The molecule has 1 unspecified atom stereocenters. The molecular formula is C11H15BrN2O. The highest BCUT2D eigenvalue weighted by atomic mass is 79.9. The summed E-state index contributed by atoms with van der Waals surface area (Å²) in [4.78, 5) is 15.3. The Bertz CT molecular complexity index is 303. The van der Waals surface area contributed by atoms with Gasteiger partial charge in [0.2, 0.25) is 5.91 Å². The molecule has 4 heteroatoms. The first-order valence-electron chi connectivity index (χ1n) is 4.96. The van der Waals surface area contributed by atoms with Gasteiger partial charge >= 0.3 is 0 Å². The molecule has 1 rings (SSSR count). The Morgan fingerprint density at radius 3 is 3.07 bits per heavy atom. The number of hydrogen-bond acceptors (Lipinski definition) is 2. The molecule has 0 aromatic carbocycles.